The minimum Gasteiger partial charge on any atom is -0.356 e. The van der Waals surface area contributed by atoms with E-state index in [4.69, 9.17) is 5.26 Å². The number of H-pyrrole nitrogens is 1. The summed E-state index contributed by atoms with van der Waals surface area (Å²) in [6.45, 7) is 0.825. The molecule has 0 aliphatic carbocycles. The van der Waals surface area contributed by atoms with Crippen molar-refractivity contribution in [3.8, 4) is 6.07 Å². The molecule has 2 aromatic rings. The number of carbonyl (C=O) groups is 1. The summed E-state index contributed by atoms with van der Waals surface area (Å²) in [7, 11) is 0. The van der Waals surface area contributed by atoms with Gasteiger partial charge in [0.25, 0.3) is 5.91 Å². The largest absolute Gasteiger partial charge is 0.356 e. The number of carbonyl (C=O) groups excluding carboxylic acids is 1. The quantitative estimate of drug-likeness (QED) is 0.914. The van der Waals surface area contributed by atoms with E-state index in [1.165, 1.54) is 0 Å². The average molecular weight is 333 g/mol. The molecular formula is C14H13BrN4O. The lowest BCUT2D eigenvalue weighted by Gasteiger charge is -2.20. The Labute approximate surface area is 125 Å². The van der Waals surface area contributed by atoms with E-state index in [0.29, 0.717) is 25.2 Å². The number of pyridine rings is 1. The van der Waals surface area contributed by atoms with E-state index >= 15 is 0 Å². The molecule has 6 heteroatoms. The number of hydrogen-bond acceptors (Lipinski definition) is 3. The summed E-state index contributed by atoms with van der Waals surface area (Å²) >= 11 is 3.30. The molecule has 2 heterocycles. The highest BCUT2D eigenvalue weighted by Crippen LogP contribution is 2.14. The van der Waals surface area contributed by atoms with Crippen molar-refractivity contribution < 1.29 is 4.79 Å². The van der Waals surface area contributed by atoms with E-state index in [9.17, 15) is 4.79 Å². The lowest BCUT2D eigenvalue weighted by atomic mass is 10.2. The number of aromatic nitrogens is 2. The van der Waals surface area contributed by atoms with Gasteiger partial charge in [-0.25, -0.2) is 0 Å². The summed E-state index contributed by atoms with van der Waals surface area (Å²) in [6, 6.07) is 7.53. The molecular weight excluding hydrogens is 320 g/mol. The van der Waals surface area contributed by atoms with Crippen LogP contribution >= 0.6 is 15.9 Å². The number of aromatic amines is 1. The van der Waals surface area contributed by atoms with E-state index in [2.05, 4.69) is 32.0 Å². The zero-order valence-corrected chi connectivity index (χ0v) is 12.3. The SMILES string of the molecule is N#CCCN(Cc1cccnc1)C(=O)c1cc(Br)c[nH]1. The Hall–Kier alpha value is -2.13. The van der Waals surface area contributed by atoms with Gasteiger partial charge in [0.15, 0.2) is 0 Å². The molecule has 0 unspecified atom stereocenters. The third-order valence-electron chi connectivity index (χ3n) is 2.76. The van der Waals surface area contributed by atoms with Crippen molar-refractivity contribution in [2.75, 3.05) is 6.54 Å². The highest BCUT2D eigenvalue weighted by molar-refractivity contribution is 9.10. The minimum atomic E-state index is -0.130. The maximum absolute atomic E-state index is 12.4. The van der Waals surface area contributed by atoms with Crippen LogP contribution in [0.3, 0.4) is 0 Å². The number of rotatable bonds is 5. The second kappa shape index (κ2) is 6.87. The van der Waals surface area contributed by atoms with Crippen LogP contribution in [0.2, 0.25) is 0 Å². The van der Waals surface area contributed by atoms with E-state index in [-0.39, 0.29) is 5.91 Å². The van der Waals surface area contributed by atoms with Gasteiger partial charge in [0.1, 0.15) is 5.69 Å². The lowest BCUT2D eigenvalue weighted by Crippen LogP contribution is -2.31. The van der Waals surface area contributed by atoms with Gasteiger partial charge in [-0.1, -0.05) is 6.07 Å². The van der Waals surface area contributed by atoms with Crippen LogP contribution in [0.1, 0.15) is 22.5 Å². The Balaban J connectivity index is 2.15. The van der Waals surface area contributed by atoms with Crippen molar-refractivity contribution in [1.82, 2.24) is 14.9 Å². The first kappa shape index (κ1) is 14.3. The van der Waals surface area contributed by atoms with Crippen LogP contribution < -0.4 is 0 Å². The first-order chi connectivity index (χ1) is 9.70. The van der Waals surface area contributed by atoms with Crippen LogP contribution in [0, 0.1) is 11.3 Å². The average Bonchev–Trinajstić information content (AvgIpc) is 2.90. The van der Waals surface area contributed by atoms with Gasteiger partial charge in [-0.15, -0.1) is 0 Å². The van der Waals surface area contributed by atoms with Crippen LogP contribution in [-0.4, -0.2) is 27.3 Å². The fourth-order valence-corrected chi connectivity index (χ4v) is 2.15. The van der Waals surface area contributed by atoms with Crippen LogP contribution in [-0.2, 0) is 6.54 Å². The molecule has 0 spiro atoms. The maximum Gasteiger partial charge on any atom is 0.270 e. The molecule has 0 radical (unpaired) electrons. The highest BCUT2D eigenvalue weighted by atomic mass is 79.9. The van der Waals surface area contributed by atoms with Crippen molar-refractivity contribution in [1.29, 1.82) is 5.26 Å². The molecule has 0 saturated carbocycles. The van der Waals surface area contributed by atoms with Crippen molar-refractivity contribution in [3.63, 3.8) is 0 Å². The molecule has 0 aliphatic heterocycles. The zero-order valence-electron chi connectivity index (χ0n) is 10.7. The molecule has 1 N–H and O–H groups in total. The van der Waals surface area contributed by atoms with Crippen molar-refractivity contribution in [2.24, 2.45) is 0 Å². The van der Waals surface area contributed by atoms with E-state index in [1.807, 2.05) is 12.1 Å². The zero-order chi connectivity index (χ0) is 14.4. The van der Waals surface area contributed by atoms with Gasteiger partial charge in [-0.05, 0) is 33.6 Å². The van der Waals surface area contributed by atoms with Gasteiger partial charge in [-0.3, -0.25) is 9.78 Å². The monoisotopic (exact) mass is 332 g/mol. The van der Waals surface area contributed by atoms with E-state index in [0.717, 1.165) is 10.0 Å². The number of nitrogens with one attached hydrogen (secondary N) is 1. The number of nitrogens with zero attached hydrogens (tertiary/aromatic N) is 3. The third-order valence-corrected chi connectivity index (χ3v) is 3.21. The number of hydrogen-bond donors (Lipinski definition) is 1. The summed E-state index contributed by atoms with van der Waals surface area (Å²) in [6.07, 6.45) is 5.41. The van der Waals surface area contributed by atoms with Gasteiger partial charge >= 0.3 is 0 Å². The summed E-state index contributed by atoms with van der Waals surface area (Å²) in [5.41, 5.74) is 1.43. The molecule has 20 heavy (non-hydrogen) atoms. The summed E-state index contributed by atoms with van der Waals surface area (Å²) in [5.74, 6) is -0.130. The predicted octanol–water partition coefficient (Wildman–Crippen LogP) is 2.73. The molecule has 0 atom stereocenters. The Morgan fingerprint density at radius 3 is 3.00 bits per heavy atom. The van der Waals surface area contributed by atoms with Crippen molar-refractivity contribution >= 4 is 21.8 Å². The predicted molar refractivity (Wildman–Crippen MR) is 77.7 cm³/mol. The Kier molecular flexibility index (Phi) is 4.91. The Morgan fingerprint density at radius 1 is 1.55 bits per heavy atom. The molecule has 0 saturated heterocycles. The molecule has 0 aliphatic rings. The van der Waals surface area contributed by atoms with Gasteiger partial charge in [0.2, 0.25) is 0 Å². The molecule has 5 nitrogen and oxygen atoms in total. The van der Waals surface area contributed by atoms with Crippen molar-refractivity contribution in [2.45, 2.75) is 13.0 Å². The molecule has 1 amide bonds. The minimum absolute atomic E-state index is 0.130. The van der Waals surface area contributed by atoms with Gasteiger partial charge in [-0.2, -0.15) is 5.26 Å². The fraction of sp³-hybridized carbons (Fsp3) is 0.214. The van der Waals surface area contributed by atoms with Crippen molar-refractivity contribution in [3.05, 3.63) is 52.5 Å². The number of amides is 1. The molecule has 102 valence electrons. The number of nitriles is 1. The fourth-order valence-electron chi connectivity index (χ4n) is 1.81. The molecule has 2 rings (SSSR count). The first-order valence-corrected chi connectivity index (χ1v) is 6.89. The van der Waals surface area contributed by atoms with Gasteiger partial charge < -0.3 is 9.88 Å². The second-order valence-electron chi connectivity index (χ2n) is 4.23. The first-order valence-electron chi connectivity index (χ1n) is 6.09. The van der Waals surface area contributed by atoms with Crippen LogP contribution in [0.15, 0.2) is 41.3 Å². The van der Waals surface area contributed by atoms with Crippen LogP contribution in [0.5, 0.6) is 0 Å². The van der Waals surface area contributed by atoms with E-state index < -0.39 is 0 Å². The highest BCUT2D eigenvalue weighted by Gasteiger charge is 2.17. The molecule has 0 aromatic carbocycles. The smallest absolute Gasteiger partial charge is 0.270 e. The summed E-state index contributed by atoms with van der Waals surface area (Å²) in [4.78, 5) is 21.0. The molecule has 2 aromatic heterocycles. The topological polar surface area (TPSA) is 72.8 Å². The summed E-state index contributed by atoms with van der Waals surface area (Å²) in [5, 5.41) is 8.72. The Bertz CT molecular complexity index is 618. The number of halogens is 1. The van der Waals surface area contributed by atoms with Crippen LogP contribution in [0.25, 0.3) is 0 Å². The lowest BCUT2D eigenvalue weighted by molar-refractivity contribution is 0.0741. The van der Waals surface area contributed by atoms with Gasteiger partial charge in [0, 0.05) is 36.2 Å². The second-order valence-corrected chi connectivity index (χ2v) is 5.14. The summed E-state index contributed by atoms with van der Waals surface area (Å²) < 4.78 is 0.822. The normalized spacial score (nSPS) is 10.0. The molecule has 0 fully saturated rings. The third kappa shape index (κ3) is 3.68. The molecule has 0 bridgehead atoms. The maximum atomic E-state index is 12.4. The standard InChI is InChI=1S/C14H13BrN4O/c15-12-7-13(18-9-12)14(20)19(6-2-4-16)10-11-3-1-5-17-8-11/h1,3,5,7-9,18H,2,6,10H2. The Morgan fingerprint density at radius 2 is 2.40 bits per heavy atom. The van der Waals surface area contributed by atoms with E-state index in [1.54, 1.807) is 29.6 Å². The van der Waals surface area contributed by atoms with Gasteiger partial charge in [0.05, 0.1) is 12.5 Å². The van der Waals surface area contributed by atoms with Crippen LogP contribution in [0.4, 0.5) is 0 Å².